The maximum absolute atomic E-state index is 12.0. The van der Waals surface area contributed by atoms with Gasteiger partial charge >= 0.3 is 5.97 Å². The summed E-state index contributed by atoms with van der Waals surface area (Å²) in [7, 11) is 0. The van der Waals surface area contributed by atoms with Crippen LogP contribution < -0.4 is 15.8 Å². The molecule has 0 amide bonds. The number of nitrogens with one attached hydrogen (secondary N) is 2. The summed E-state index contributed by atoms with van der Waals surface area (Å²) >= 11 is 0. The molecule has 0 spiro atoms. The van der Waals surface area contributed by atoms with Crippen LogP contribution in [0.1, 0.15) is 28.3 Å². The number of rotatable bonds is 10. The molecule has 2 aromatic rings. The Kier molecular flexibility index (Phi) is 8.92. The van der Waals surface area contributed by atoms with Crippen molar-refractivity contribution < 1.29 is 19.7 Å². The highest BCUT2D eigenvalue weighted by Crippen LogP contribution is 2.34. The van der Waals surface area contributed by atoms with Crippen LogP contribution in [0.3, 0.4) is 0 Å². The number of hydrogen-bond donors (Lipinski definition) is 5. The molecule has 0 radical (unpaired) electrons. The number of hydrogen-bond acceptors (Lipinski definition) is 5. The Morgan fingerprint density at radius 3 is 2.38 bits per heavy atom. The Hall–Kier alpha value is -3.29. The van der Waals surface area contributed by atoms with Crippen molar-refractivity contribution in [1.29, 1.82) is 5.41 Å². The summed E-state index contributed by atoms with van der Waals surface area (Å²) in [6.07, 6.45) is 3.16. The van der Waals surface area contributed by atoms with E-state index in [-0.39, 0.29) is 31.5 Å². The number of halogens is 1. The Morgan fingerprint density at radius 2 is 1.90 bits per heavy atom. The number of carbonyl (C=O) groups is 1. The number of nitrogens with two attached hydrogens (primary N) is 1. The minimum Gasteiger partial charge on any atom is -0.490 e. The molecular weight excluding hydrogens is 394 g/mol. The molecule has 0 saturated carbocycles. The molecule has 0 aromatic heterocycles. The van der Waals surface area contributed by atoms with Gasteiger partial charge in [0.1, 0.15) is 18.2 Å². The Balaban J connectivity index is 0.00000420. The topological polar surface area (TPSA) is 129 Å². The van der Waals surface area contributed by atoms with Gasteiger partial charge in [0.15, 0.2) is 6.04 Å². The molecule has 0 bridgehead atoms. The van der Waals surface area contributed by atoms with Crippen molar-refractivity contribution in [3.63, 3.8) is 0 Å². The highest BCUT2D eigenvalue weighted by Gasteiger charge is 2.25. The maximum atomic E-state index is 12.0. The van der Waals surface area contributed by atoms with E-state index in [4.69, 9.17) is 21.0 Å². The van der Waals surface area contributed by atoms with Crippen LogP contribution in [0.15, 0.2) is 49.6 Å². The third-order valence-corrected chi connectivity index (χ3v) is 4.03. The molecule has 29 heavy (non-hydrogen) atoms. The molecule has 0 heterocycles. The summed E-state index contributed by atoms with van der Waals surface area (Å²) in [5.41, 5.74) is 8.20. The van der Waals surface area contributed by atoms with E-state index in [9.17, 15) is 9.90 Å². The molecule has 1 unspecified atom stereocenters. The Morgan fingerprint density at radius 1 is 1.24 bits per heavy atom. The molecule has 0 saturated heterocycles. The summed E-state index contributed by atoms with van der Waals surface area (Å²) in [4.78, 5) is 12.0. The molecule has 0 fully saturated rings. The van der Waals surface area contributed by atoms with Crippen LogP contribution in [0.25, 0.3) is 12.2 Å². The van der Waals surface area contributed by atoms with E-state index >= 15 is 0 Å². The Bertz CT molecular complexity index is 898. The smallest absolute Gasteiger partial charge is 0.330 e. The lowest BCUT2D eigenvalue weighted by Gasteiger charge is -2.22. The third kappa shape index (κ3) is 5.84. The second-order valence-corrected chi connectivity index (χ2v) is 5.92. The minimum atomic E-state index is -1.13. The first-order valence-corrected chi connectivity index (χ1v) is 8.51. The average molecular weight is 418 g/mol. The van der Waals surface area contributed by atoms with Crippen LogP contribution in [0.4, 0.5) is 5.69 Å². The number of carboxylic acids is 1. The fraction of sp³-hybridized carbons (Fsp3) is 0.143. The summed E-state index contributed by atoms with van der Waals surface area (Å²) in [6, 6.07) is 8.86. The van der Waals surface area contributed by atoms with Gasteiger partial charge in [0.2, 0.25) is 0 Å². The molecule has 0 aliphatic heterocycles. The molecule has 2 rings (SSSR count). The third-order valence-electron chi connectivity index (χ3n) is 4.03. The van der Waals surface area contributed by atoms with Gasteiger partial charge in [-0.2, -0.15) is 0 Å². The largest absolute Gasteiger partial charge is 0.490 e. The Labute approximate surface area is 175 Å². The van der Waals surface area contributed by atoms with Crippen LogP contribution in [-0.4, -0.2) is 35.2 Å². The van der Waals surface area contributed by atoms with Gasteiger partial charge in [-0.25, -0.2) is 4.79 Å². The van der Waals surface area contributed by atoms with Gasteiger partial charge in [-0.1, -0.05) is 25.3 Å². The molecule has 0 aliphatic carbocycles. The summed E-state index contributed by atoms with van der Waals surface area (Å²) < 4.78 is 5.62. The number of amidine groups is 1. The van der Waals surface area contributed by atoms with Gasteiger partial charge in [-0.15, -0.1) is 12.4 Å². The number of carboxylic acid groups (broad SMARTS) is 1. The van der Waals surface area contributed by atoms with Gasteiger partial charge in [0, 0.05) is 22.4 Å². The lowest BCUT2D eigenvalue weighted by atomic mass is 9.97. The first kappa shape index (κ1) is 23.7. The van der Waals surface area contributed by atoms with Gasteiger partial charge in [-0.05, 0) is 42.0 Å². The van der Waals surface area contributed by atoms with E-state index in [0.717, 1.165) is 0 Å². The van der Waals surface area contributed by atoms with E-state index in [1.807, 2.05) is 0 Å². The average Bonchev–Trinajstić information content (AvgIpc) is 2.70. The van der Waals surface area contributed by atoms with Crippen LogP contribution >= 0.6 is 12.4 Å². The highest BCUT2D eigenvalue weighted by atomic mass is 35.5. The van der Waals surface area contributed by atoms with Crippen molar-refractivity contribution in [1.82, 2.24) is 0 Å². The predicted octanol–water partition coefficient (Wildman–Crippen LogP) is 3.29. The monoisotopic (exact) mass is 417 g/mol. The normalized spacial score (nSPS) is 10.9. The standard InChI is InChI=1S/C21H23N3O4.ClH/c1-3-13-11-14(4-2)19(28-10-9-25)17(12-13)18(21(26)27)24-16-7-5-15(6-8-16)20(22)23;/h3-8,11-12,18,24-25H,1-2,9-10H2,(H3,22,23)(H,26,27);1H. The van der Waals surface area contributed by atoms with Crippen LogP contribution in [0.2, 0.25) is 0 Å². The van der Waals surface area contributed by atoms with Gasteiger partial charge in [0.25, 0.3) is 0 Å². The highest BCUT2D eigenvalue weighted by molar-refractivity contribution is 5.95. The maximum Gasteiger partial charge on any atom is 0.330 e. The molecular formula is C21H24ClN3O4. The second kappa shape index (κ2) is 10.9. The first-order chi connectivity index (χ1) is 13.4. The SMILES string of the molecule is C=Cc1cc(C=C)c(OCCO)c(C(Nc2ccc(C(=N)N)cc2)C(=O)O)c1.Cl. The van der Waals surface area contributed by atoms with Gasteiger partial charge in [0.05, 0.1) is 6.61 Å². The van der Waals surface area contributed by atoms with Crippen LogP contribution in [0, 0.1) is 5.41 Å². The number of benzene rings is 2. The first-order valence-electron chi connectivity index (χ1n) is 8.51. The molecule has 2 aromatic carbocycles. The number of aliphatic carboxylic acids is 1. The fourth-order valence-electron chi connectivity index (χ4n) is 2.68. The van der Waals surface area contributed by atoms with Crippen molar-refractivity contribution in [3.8, 4) is 5.75 Å². The van der Waals surface area contributed by atoms with Crippen molar-refractivity contribution >= 4 is 42.1 Å². The van der Waals surface area contributed by atoms with Gasteiger partial charge in [-0.3, -0.25) is 5.41 Å². The van der Waals surface area contributed by atoms with Crippen molar-refractivity contribution in [2.75, 3.05) is 18.5 Å². The number of nitrogen functional groups attached to an aromatic ring is 1. The summed E-state index contributed by atoms with van der Waals surface area (Å²) in [6.45, 7) is 7.30. The van der Waals surface area contributed by atoms with E-state index in [1.165, 1.54) is 0 Å². The van der Waals surface area contributed by atoms with E-state index in [2.05, 4.69) is 18.5 Å². The lowest BCUT2D eigenvalue weighted by Crippen LogP contribution is -2.22. The molecule has 0 aliphatic rings. The number of ether oxygens (including phenoxy) is 1. The molecule has 154 valence electrons. The van der Waals surface area contributed by atoms with E-state index in [0.29, 0.717) is 33.7 Å². The predicted molar refractivity (Wildman–Crippen MR) is 118 cm³/mol. The van der Waals surface area contributed by atoms with Crippen molar-refractivity contribution in [2.45, 2.75) is 6.04 Å². The van der Waals surface area contributed by atoms with Gasteiger partial charge < -0.3 is 26.0 Å². The molecule has 7 nitrogen and oxygen atoms in total. The molecule has 6 N–H and O–H groups in total. The zero-order chi connectivity index (χ0) is 20.7. The summed E-state index contributed by atoms with van der Waals surface area (Å²) in [5.74, 6) is -0.856. The molecule has 8 heteroatoms. The zero-order valence-electron chi connectivity index (χ0n) is 15.7. The number of aliphatic hydroxyl groups is 1. The van der Waals surface area contributed by atoms with Crippen molar-refractivity contribution in [2.24, 2.45) is 5.73 Å². The fourth-order valence-corrected chi connectivity index (χ4v) is 2.68. The van der Waals surface area contributed by atoms with Crippen LogP contribution in [-0.2, 0) is 4.79 Å². The van der Waals surface area contributed by atoms with E-state index in [1.54, 1.807) is 48.6 Å². The molecule has 1 atom stereocenters. The second-order valence-electron chi connectivity index (χ2n) is 5.92. The quantitative estimate of drug-likeness (QED) is 0.298. The summed E-state index contributed by atoms with van der Waals surface area (Å²) in [5, 5.41) is 29.3. The van der Waals surface area contributed by atoms with Crippen molar-refractivity contribution in [3.05, 3.63) is 71.8 Å². The number of aliphatic hydroxyl groups excluding tert-OH is 1. The minimum absolute atomic E-state index is 0. The number of anilines is 1. The van der Waals surface area contributed by atoms with Crippen LogP contribution in [0.5, 0.6) is 5.75 Å². The lowest BCUT2D eigenvalue weighted by molar-refractivity contribution is -0.138. The van der Waals surface area contributed by atoms with E-state index < -0.39 is 12.0 Å². The zero-order valence-corrected chi connectivity index (χ0v) is 16.5.